The Morgan fingerprint density at radius 3 is 2.93 bits per heavy atom. The molecule has 0 aliphatic carbocycles. The van der Waals surface area contributed by atoms with Gasteiger partial charge in [0.15, 0.2) is 5.13 Å². The lowest BCUT2D eigenvalue weighted by Gasteiger charge is -2.11. The minimum atomic E-state index is -0.298. The molecule has 0 atom stereocenters. The van der Waals surface area contributed by atoms with E-state index in [-0.39, 0.29) is 5.97 Å². The number of rotatable bonds is 2. The monoisotopic (exact) mass is 212 g/mol. The Morgan fingerprint density at radius 2 is 2.29 bits per heavy atom. The zero-order chi connectivity index (χ0) is 9.97. The van der Waals surface area contributed by atoms with Crippen LogP contribution in [-0.4, -0.2) is 31.2 Å². The number of hydrogen-bond acceptors (Lipinski definition) is 5. The predicted molar refractivity (Wildman–Crippen MR) is 54.9 cm³/mol. The number of carbonyl (C=O) groups is 1. The molecular weight excluding hydrogens is 200 g/mol. The van der Waals surface area contributed by atoms with Crippen molar-refractivity contribution in [1.29, 1.82) is 0 Å². The van der Waals surface area contributed by atoms with Crippen molar-refractivity contribution in [3.8, 4) is 0 Å². The van der Waals surface area contributed by atoms with Crippen LogP contribution >= 0.6 is 11.3 Å². The Hall–Kier alpha value is -1.10. The standard InChI is InChI=1S/C9H12N2O2S/c1-13-8(12)7-6-10-9(14-7)11-4-2-3-5-11/h6H,2-5H2,1H3. The quantitative estimate of drug-likeness (QED) is 0.697. The van der Waals surface area contributed by atoms with E-state index in [4.69, 9.17) is 0 Å². The molecule has 1 saturated heterocycles. The van der Waals surface area contributed by atoms with Crippen LogP contribution < -0.4 is 4.90 Å². The van der Waals surface area contributed by atoms with Crippen LogP contribution in [0.25, 0.3) is 0 Å². The van der Waals surface area contributed by atoms with Crippen molar-refractivity contribution < 1.29 is 9.53 Å². The third-order valence-electron chi connectivity index (χ3n) is 2.26. The third-order valence-corrected chi connectivity index (χ3v) is 3.29. The molecule has 2 heterocycles. The zero-order valence-electron chi connectivity index (χ0n) is 8.02. The van der Waals surface area contributed by atoms with Crippen LogP contribution in [0.15, 0.2) is 6.20 Å². The van der Waals surface area contributed by atoms with E-state index >= 15 is 0 Å². The predicted octanol–water partition coefficient (Wildman–Crippen LogP) is 1.53. The number of aromatic nitrogens is 1. The topological polar surface area (TPSA) is 42.4 Å². The number of esters is 1. The summed E-state index contributed by atoms with van der Waals surface area (Å²) in [5.41, 5.74) is 0. The van der Waals surface area contributed by atoms with Gasteiger partial charge in [0.1, 0.15) is 4.88 Å². The van der Waals surface area contributed by atoms with Crippen LogP contribution in [0.4, 0.5) is 5.13 Å². The van der Waals surface area contributed by atoms with E-state index in [9.17, 15) is 4.79 Å². The highest BCUT2D eigenvalue weighted by atomic mass is 32.1. The van der Waals surface area contributed by atoms with Gasteiger partial charge in [-0.15, -0.1) is 0 Å². The fourth-order valence-corrected chi connectivity index (χ4v) is 2.40. The number of carbonyl (C=O) groups excluding carboxylic acids is 1. The van der Waals surface area contributed by atoms with Crippen molar-refractivity contribution in [3.05, 3.63) is 11.1 Å². The van der Waals surface area contributed by atoms with Gasteiger partial charge in [-0.3, -0.25) is 0 Å². The van der Waals surface area contributed by atoms with Crippen molar-refractivity contribution in [2.45, 2.75) is 12.8 Å². The minimum absolute atomic E-state index is 0.298. The van der Waals surface area contributed by atoms with Gasteiger partial charge in [-0.05, 0) is 12.8 Å². The van der Waals surface area contributed by atoms with Gasteiger partial charge in [-0.1, -0.05) is 11.3 Å². The number of hydrogen-bond donors (Lipinski definition) is 0. The molecule has 0 N–H and O–H groups in total. The van der Waals surface area contributed by atoms with Crippen molar-refractivity contribution in [2.24, 2.45) is 0 Å². The lowest BCUT2D eigenvalue weighted by atomic mass is 10.4. The highest BCUT2D eigenvalue weighted by Gasteiger charge is 2.17. The molecular formula is C9H12N2O2S. The summed E-state index contributed by atoms with van der Waals surface area (Å²) in [4.78, 5) is 18.2. The summed E-state index contributed by atoms with van der Waals surface area (Å²) in [6.45, 7) is 2.10. The Balaban J connectivity index is 2.12. The van der Waals surface area contributed by atoms with E-state index < -0.39 is 0 Å². The number of anilines is 1. The molecule has 76 valence electrons. The molecule has 1 aromatic heterocycles. The number of nitrogens with zero attached hydrogens (tertiary/aromatic N) is 2. The van der Waals surface area contributed by atoms with Crippen molar-refractivity contribution in [1.82, 2.24) is 4.98 Å². The van der Waals surface area contributed by atoms with Crippen LogP contribution in [0, 0.1) is 0 Å². The molecule has 0 radical (unpaired) electrons. The first-order chi connectivity index (χ1) is 6.81. The summed E-state index contributed by atoms with van der Waals surface area (Å²) in [5.74, 6) is -0.298. The summed E-state index contributed by atoms with van der Waals surface area (Å²) in [7, 11) is 1.39. The third kappa shape index (κ3) is 1.72. The van der Waals surface area contributed by atoms with E-state index in [0.717, 1.165) is 18.2 Å². The van der Waals surface area contributed by atoms with Crippen LogP contribution in [-0.2, 0) is 4.74 Å². The number of methoxy groups -OCH3 is 1. The highest BCUT2D eigenvalue weighted by Crippen LogP contribution is 2.25. The average molecular weight is 212 g/mol. The van der Waals surface area contributed by atoms with Gasteiger partial charge in [0.05, 0.1) is 13.3 Å². The molecule has 0 amide bonds. The largest absolute Gasteiger partial charge is 0.465 e. The summed E-state index contributed by atoms with van der Waals surface area (Å²) in [5, 5.41) is 0.933. The lowest BCUT2D eigenvalue weighted by Crippen LogP contribution is -2.16. The van der Waals surface area contributed by atoms with E-state index in [2.05, 4.69) is 14.6 Å². The molecule has 0 bridgehead atoms. The van der Waals surface area contributed by atoms with E-state index in [1.165, 1.54) is 31.3 Å². The summed E-state index contributed by atoms with van der Waals surface area (Å²) >= 11 is 1.40. The van der Waals surface area contributed by atoms with E-state index in [1.807, 2.05) is 0 Å². The second kappa shape index (κ2) is 3.96. The van der Waals surface area contributed by atoms with Crippen LogP contribution in [0.3, 0.4) is 0 Å². The summed E-state index contributed by atoms with van der Waals surface area (Å²) in [6, 6.07) is 0. The molecule has 0 spiro atoms. The molecule has 1 aromatic rings. The molecule has 4 nitrogen and oxygen atoms in total. The van der Waals surface area contributed by atoms with E-state index in [1.54, 1.807) is 6.20 Å². The Bertz CT molecular complexity index is 331. The molecule has 1 fully saturated rings. The van der Waals surface area contributed by atoms with Gasteiger partial charge < -0.3 is 9.64 Å². The van der Waals surface area contributed by atoms with Crippen molar-refractivity contribution >= 4 is 22.4 Å². The maximum atomic E-state index is 11.2. The first kappa shape index (κ1) is 9.45. The Kier molecular flexibility index (Phi) is 2.67. The summed E-state index contributed by atoms with van der Waals surface area (Å²) in [6.07, 6.45) is 4.02. The fraction of sp³-hybridized carbons (Fsp3) is 0.556. The van der Waals surface area contributed by atoms with E-state index in [0.29, 0.717) is 4.88 Å². The van der Waals surface area contributed by atoms with Crippen LogP contribution in [0.1, 0.15) is 22.5 Å². The maximum Gasteiger partial charge on any atom is 0.349 e. The zero-order valence-corrected chi connectivity index (χ0v) is 8.84. The van der Waals surface area contributed by atoms with Gasteiger partial charge in [0.2, 0.25) is 0 Å². The SMILES string of the molecule is COC(=O)c1cnc(N2CCCC2)s1. The molecule has 0 saturated carbocycles. The lowest BCUT2D eigenvalue weighted by molar-refractivity contribution is 0.0606. The van der Waals surface area contributed by atoms with Crippen LogP contribution in [0.2, 0.25) is 0 Å². The molecule has 1 aliphatic heterocycles. The average Bonchev–Trinajstić information content (AvgIpc) is 2.86. The van der Waals surface area contributed by atoms with Gasteiger partial charge >= 0.3 is 5.97 Å². The Labute approximate surface area is 86.5 Å². The molecule has 1 aliphatic rings. The highest BCUT2D eigenvalue weighted by molar-refractivity contribution is 7.17. The first-order valence-electron chi connectivity index (χ1n) is 4.60. The molecule has 0 aromatic carbocycles. The normalized spacial score (nSPS) is 15.9. The van der Waals surface area contributed by atoms with Gasteiger partial charge in [-0.25, -0.2) is 9.78 Å². The number of thiazole rings is 1. The maximum absolute atomic E-state index is 11.2. The smallest absolute Gasteiger partial charge is 0.349 e. The Morgan fingerprint density at radius 1 is 1.57 bits per heavy atom. The minimum Gasteiger partial charge on any atom is -0.465 e. The first-order valence-corrected chi connectivity index (χ1v) is 5.42. The van der Waals surface area contributed by atoms with Crippen LogP contribution in [0.5, 0.6) is 0 Å². The van der Waals surface area contributed by atoms with Crippen molar-refractivity contribution in [3.63, 3.8) is 0 Å². The second-order valence-corrected chi connectivity index (χ2v) is 4.20. The van der Waals surface area contributed by atoms with Gasteiger partial charge in [0.25, 0.3) is 0 Å². The second-order valence-electron chi connectivity index (χ2n) is 3.19. The molecule has 0 unspecified atom stereocenters. The fourth-order valence-electron chi connectivity index (χ4n) is 1.51. The molecule has 2 rings (SSSR count). The van der Waals surface area contributed by atoms with Gasteiger partial charge in [0, 0.05) is 13.1 Å². The summed E-state index contributed by atoms with van der Waals surface area (Å²) < 4.78 is 4.63. The molecule has 14 heavy (non-hydrogen) atoms. The molecule has 5 heteroatoms. The number of ether oxygens (including phenoxy) is 1. The van der Waals surface area contributed by atoms with Crippen molar-refractivity contribution in [2.75, 3.05) is 25.1 Å². The van der Waals surface area contributed by atoms with Gasteiger partial charge in [-0.2, -0.15) is 0 Å².